The third kappa shape index (κ3) is 3.70. The summed E-state index contributed by atoms with van der Waals surface area (Å²) in [6, 6.07) is 4.03. The van der Waals surface area contributed by atoms with Gasteiger partial charge in [-0.05, 0) is 31.0 Å². The smallest absolute Gasteiger partial charge is 0.335 e. The van der Waals surface area contributed by atoms with Gasteiger partial charge in [0, 0.05) is 11.1 Å². The summed E-state index contributed by atoms with van der Waals surface area (Å²) in [6.45, 7) is 3.71. The molecular formula is C14H16N2O4S2. The Kier molecular flexibility index (Phi) is 4.94. The van der Waals surface area contributed by atoms with E-state index in [2.05, 4.69) is 9.71 Å². The Labute approximate surface area is 132 Å². The molecule has 2 rings (SSSR count). The Morgan fingerprint density at radius 1 is 1.41 bits per heavy atom. The Morgan fingerprint density at radius 2 is 2.14 bits per heavy atom. The third-order valence-corrected chi connectivity index (χ3v) is 5.77. The molecule has 0 aliphatic carbocycles. The summed E-state index contributed by atoms with van der Waals surface area (Å²) in [4.78, 5) is 16.2. The third-order valence-electron chi connectivity index (χ3n) is 3.09. The van der Waals surface area contributed by atoms with Gasteiger partial charge in [0.15, 0.2) is 0 Å². The summed E-state index contributed by atoms with van der Waals surface area (Å²) in [5.41, 5.74) is 0.430. The van der Waals surface area contributed by atoms with E-state index in [4.69, 9.17) is 5.11 Å². The van der Waals surface area contributed by atoms with Crippen molar-refractivity contribution < 1.29 is 18.3 Å². The predicted molar refractivity (Wildman–Crippen MR) is 83.7 cm³/mol. The number of rotatable bonds is 6. The van der Waals surface area contributed by atoms with Gasteiger partial charge in [0.1, 0.15) is 5.01 Å². The Hall–Kier alpha value is -1.77. The Balaban J connectivity index is 2.22. The Morgan fingerprint density at radius 3 is 2.73 bits per heavy atom. The van der Waals surface area contributed by atoms with E-state index in [1.165, 1.54) is 29.5 Å². The van der Waals surface area contributed by atoms with E-state index >= 15 is 0 Å². The molecule has 8 heteroatoms. The van der Waals surface area contributed by atoms with Gasteiger partial charge in [-0.2, -0.15) is 0 Å². The highest BCUT2D eigenvalue weighted by atomic mass is 32.2. The molecule has 0 saturated heterocycles. The van der Waals surface area contributed by atoms with Crippen molar-refractivity contribution in [3.8, 4) is 0 Å². The molecule has 0 bridgehead atoms. The van der Waals surface area contributed by atoms with Gasteiger partial charge in [0.25, 0.3) is 0 Å². The monoisotopic (exact) mass is 340 g/mol. The second-order valence-electron chi connectivity index (χ2n) is 4.68. The molecule has 2 N–H and O–H groups in total. The lowest BCUT2D eigenvalue weighted by Crippen LogP contribution is -2.24. The van der Waals surface area contributed by atoms with E-state index < -0.39 is 16.0 Å². The molecule has 1 aromatic carbocycles. The molecule has 0 unspecified atom stereocenters. The standard InChI is InChI=1S/C14H16N2O4S2/c1-3-11-7-15-13(21-11)8-16-22(19,20)12-6-10(14(17)18)5-4-9(12)2/h4-7,16H,3,8H2,1-2H3,(H,17,18). The van der Waals surface area contributed by atoms with Crippen LogP contribution in [0.2, 0.25) is 0 Å². The molecule has 118 valence electrons. The van der Waals surface area contributed by atoms with Crippen LogP contribution in [0.3, 0.4) is 0 Å². The molecular weight excluding hydrogens is 324 g/mol. The number of aryl methyl sites for hydroxylation is 2. The number of sulfonamides is 1. The largest absolute Gasteiger partial charge is 0.478 e. The molecule has 0 fully saturated rings. The average molecular weight is 340 g/mol. The van der Waals surface area contributed by atoms with Crippen LogP contribution in [0.4, 0.5) is 0 Å². The zero-order chi connectivity index (χ0) is 16.3. The van der Waals surface area contributed by atoms with Crippen LogP contribution in [0.25, 0.3) is 0 Å². The number of hydrogen-bond acceptors (Lipinski definition) is 5. The molecule has 0 aliphatic rings. The van der Waals surface area contributed by atoms with Gasteiger partial charge in [-0.1, -0.05) is 13.0 Å². The SMILES string of the molecule is CCc1cnc(CNS(=O)(=O)c2cc(C(=O)O)ccc2C)s1. The van der Waals surface area contributed by atoms with E-state index in [-0.39, 0.29) is 17.0 Å². The van der Waals surface area contributed by atoms with Crippen molar-refractivity contribution in [1.82, 2.24) is 9.71 Å². The highest BCUT2D eigenvalue weighted by Crippen LogP contribution is 2.19. The fourth-order valence-electron chi connectivity index (χ4n) is 1.85. The number of carboxylic acids is 1. The lowest BCUT2D eigenvalue weighted by molar-refractivity contribution is 0.0696. The van der Waals surface area contributed by atoms with Crippen molar-refractivity contribution in [2.45, 2.75) is 31.7 Å². The van der Waals surface area contributed by atoms with Gasteiger partial charge < -0.3 is 5.11 Å². The van der Waals surface area contributed by atoms with Crippen molar-refractivity contribution in [2.75, 3.05) is 0 Å². The van der Waals surface area contributed by atoms with Gasteiger partial charge in [-0.15, -0.1) is 11.3 Å². The van der Waals surface area contributed by atoms with E-state index in [0.29, 0.717) is 10.6 Å². The number of nitrogens with zero attached hydrogens (tertiary/aromatic N) is 1. The van der Waals surface area contributed by atoms with Gasteiger partial charge in [-0.3, -0.25) is 0 Å². The van der Waals surface area contributed by atoms with Crippen molar-refractivity contribution in [3.05, 3.63) is 45.4 Å². The van der Waals surface area contributed by atoms with E-state index in [9.17, 15) is 13.2 Å². The van der Waals surface area contributed by atoms with Gasteiger partial charge in [0.05, 0.1) is 17.0 Å². The van der Waals surface area contributed by atoms with Crippen LogP contribution in [0.15, 0.2) is 29.3 Å². The predicted octanol–water partition coefficient (Wildman–Crippen LogP) is 2.19. The number of carbonyl (C=O) groups is 1. The molecule has 2 aromatic rings. The quantitative estimate of drug-likeness (QED) is 0.840. The minimum absolute atomic E-state index is 0.0281. The molecule has 0 radical (unpaired) electrons. The van der Waals surface area contributed by atoms with Crippen LogP contribution in [-0.4, -0.2) is 24.5 Å². The summed E-state index contributed by atoms with van der Waals surface area (Å²) in [6.07, 6.45) is 2.58. The topological polar surface area (TPSA) is 96.4 Å². The van der Waals surface area contributed by atoms with Gasteiger partial charge >= 0.3 is 5.97 Å². The number of benzene rings is 1. The molecule has 6 nitrogen and oxygen atoms in total. The maximum atomic E-state index is 12.4. The summed E-state index contributed by atoms with van der Waals surface area (Å²) < 4.78 is 27.2. The van der Waals surface area contributed by atoms with Crippen LogP contribution in [0.5, 0.6) is 0 Å². The van der Waals surface area contributed by atoms with E-state index in [1.54, 1.807) is 13.1 Å². The number of hydrogen-bond donors (Lipinski definition) is 2. The first-order chi connectivity index (χ1) is 10.3. The summed E-state index contributed by atoms with van der Waals surface area (Å²) in [7, 11) is -3.79. The van der Waals surface area contributed by atoms with Crippen LogP contribution in [0.1, 0.15) is 32.7 Å². The number of aromatic carboxylic acids is 1. The van der Waals surface area contributed by atoms with Crippen molar-refractivity contribution in [1.29, 1.82) is 0 Å². The minimum atomic E-state index is -3.79. The van der Waals surface area contributed by atoms with Crippen LogP contribution >= 0.6 is 11.3 Å². The molecule has 1 heterocycles. The summed E-state index contributed by atoms with van der Waals surface area (Å²) in [5, 5.41) is 9.65. The lowest BCUT2D eigenvalue weighted by atomic mass is 10.1. The maximum absolute atomic E-state index is 12.4. The molecule has 0 atom stereocenters. The number of carboxylic acid groups (broad SMARTS) is 1. The molecule has 0 aliphatic heterocycles. The normalized spacial score (nSPS) is 11.5. The van der Waals surface area contributed by atoms with Crippen LogP contribution in [-0.2, 0) is 23.0 Å². The zero-order valence-corrected chi connectivity index (χ0v) is 13.8. The molecule has 1 aromatic heterocycles. The fourth-order valence-corrected chi connectivity index (χ4v) is 4.00. The summed E-state index contributed by atoms with van der Waals surface area (Å²) >= 11 is 1.45. The first-order valence-electron chi connectivity index (χ1n) is 6.60. The van der Waals surface area contributed by atoms with E-state index in [1.807, 2.05) is 6.92 Å². The van der Waals surface area contributed by atoms with Crippen molar-refractivity contribution in [2.24, 2.45) is 0 Å². The van der Waals surface area contributed by atoms with Crippen molar-refractivity contribution >= 4 is 27.3 Å². The molecule has 0 saturated carbocycles. The van der Waals surface area contributed by atoms with Crippen molar-refractivity contribution in [3.63, 3.8) is 0 Å². The van der Waals surface area contributed by atoms with Gasteiger partial charge in [-0.25, -0.2) is 22.9 Å². The molecule has 0 spiro atoms. The first kappa shape index (κ1) is 16.6. The average Bonchev–Trinajstić information content (AvgIpc) is 2.93. The van der Waals surface area contributed by atoms with Crippen LogP contribution < -0.4 is 4.72 Å². The number of nitrogens with one attached hydrogen (secondary N) is 1. The van der Waals surface area contributed by atoms with E-state index in [0.717, 1.165) is 11.3 Å². The zero-order valence-electron chi connectivity index (χ0n) is 12.2. The molecule has 0 amide bonds. The first-order valence-corrected chi connectivity index (χ1v) is 8.90. The number of thiazole rings is 1. The maximum Gasteiger partial charge on any atom is 0.335 e. The Bertz CT molecular complexity index is 797. The fraction of sp³-hybridized carbons (Fsp3) is 0.286. The second-order valence-corrected chi connectivity index (χ2v) is 7.62. The van der Waals surface area contributed by atoms with Gasteiger partial charge in [0.2, 0.25) is 10.0 Å². The summed E-state index contributed by atoms with van der Waals surface area (Å²) in [5.74, 6) is -1.16. The highest BCUT2D eigenvalue weighted by molar-refractivity contribution is 7.89. The molecule has 22 heavy (non-hydrogen) atoms. The lowest BCUT2D eigenvalue weighted by Gasteiger charge is -2.09. The van der Waals surface area contributed by atoms with Crippen LogP contribution in [0, 0.1) is 6.92 Å². The minimum Gasteiger partial charge on any atom is -0.478 e. The highest BCUT2D eigenvalue weighted by Gasteiger charge is 2.19. The second kappa shape index (κ2) is 6.55. The number of aromatic nitrogens is 1.